The number of anilines is 1. The Morgan fingerprint density at radius 2 is 2.00 bits per heavy atom. The Kier molecular flexibility index (Phi) is 5.24. The first-order valence-electron chi connectivity index (χ1n) is 5.18. The lowest BCUT2D eigenvalue weighted by molar-refractivity contribution is -0.179. The first kappa shape index (κ1) is 14.6. The number of hydrogen-bond donors (Lipinski definition) is 2. The van der Waals surface area contributed by atoms with Crippen molar-refractivity contribution in [1.29, 1.82) is 0 Å². The third-order valence-corrected chi connectivity index (χ3v) is 1.88. The molecule has 0 saturated heterocycles. The van der Waals surface area contributed by atoms with Gasteiger partial charge in [0.05, 0.1) is 6.61 Å². The highest BCUT2D eigenvalue weighted by Gasteiger charge is 2.27. The number of nitrogen functional groups attached to an aromatic ring is 1. The summed E-state index contributed by atoms with van der Waals surface area (Å²) in [5.74, 6) is 0.435. The van der Waals surface area contributed by atoms with Crippen LogP contribution in [0.4, 0.5) is 18.9 Å². The van der Waals surface area contributed by atoms with Crippen molar-refractivity contribution in [3.05, 3.63) is 24.3 Å². The maximum absolute atomic E-state index is 11.7. The molecular formula is C11H14F3NO3. The molecule has 0 fully saturated rings. The molecule has 3 N–H and O–H groups in total. The van der Waals surface area contributed by atoms with Crippen molar-refractivity contribution in [2.75, 3.05) is 25.6 Å². The van der Waals surface area contributed by atoms with Gasteiger partial charge in [0.2, 0.25) is 0 Å². The van der Waals surface area contributed by atoms with Crippen molar-refractivity contribution >= 4 is 5.69 Å². The highest BCUT2D eigenvalue weighted by Crippen LogP contribution is 2.16. The standard InChI is InChI=1S/C11H14F3NO3/c12-11(13,14)7-17-5-9(16)6-18-10-3-1-2-8(15)4-10/h1-4,9,16H,5-7,15H2. The van der Waals surface area contributed by atoms with Crippen molar-refractivity contribution in [1.82, 2.24) is 0 Å². The molecule has 0 aliphatic rings. The molecule has 18 heavy (non-hydrogen) atoms. The van der Waals surface area contributed by atoms with Crippen LogP contribution in [-0.4, -0.2) is 37.2 Å². The summed E-state index contributed by atoms with van der Waals surface area (Å²) in [6.07, 6.45) is -5.53. The molecule has 0 amide bonds. The Hall–Kier alpha value is -1.47. The predicted molar refractivity (Wildman–Crippen MR) is 59.2 cm³/mol. The molecule has 1 aromatic carbocycles. The third-order valence-electron chi connectivity index (χ3n) is 1.88. The molecule has 0 aliphatic carbocycles. The SMILES string of the molecule is Nc1cccc(OCC(O)COCC(F)(F)F)c1. The topological polar surface area (TPSA) is 64.7 Å². The molecule has 0 spiro atoms. The lowest BCUT2D eigenvalue weighted by Crippen LogP contribution is -2.27. The molecular weight excluding hydrogens is 251 g/mol. The minimum Gasteiger partial charge on any atom is -0.491 e. The van der Waals surface area contributed by atoms with E-state index in [4.69, 9.17) is 10.5 Å². The molecule has 0 radical (unpaired) electrons. The maximum atomic E-state index is 11.7. The molecule has 0 bridgehead atoms. The number of benzene rings is 1. The summed E-state index contributed by atoms with van der Waals surface area (Å²) in [5, 5.41) is 9.33. The largest absolute Gasteiger partial charge is 0.491 e. The number of halogens is 3. The molecule has 102 valence electrons. The second-order valence-corrected chi connectivity index (χ2v) is 3.67. The van der Waals surface area contributed by atoms with E-state index in [0.717, 1.165) is 0 Å². The van der Waals surface area contributed by atoms with E-state index >= 15 is 0 Å². The van der Waals surface area contributed by atoms with Crippen LogP contribution in [0.5, 0.6) is 5.75 Å². The van der Waals surface area contributed by atoms with Gasteiger partial charge < -0.3 is 20.3 Å². The molecule has 7 heteroatoms. The molecule has 1 atom stereocenters. The zero-order valence-corrected chi connectivity index (χ0v) is 9.48. The monoisotopic (exact) mass is 265 g/mol. The fourth-order valence-corrected chi connectivity index (χ4v) is 1.16. The molecule has 0 saturated carbocycles. The van der Waals surface area contributed by atoms with E-state index < -0.39 is 25.5 Å². The van der Waals surface area contributed by atoms with Gasteiger partial charge in [0, 0.05) is 11.8 Å². The van der Waals surface area contributed by atoms with Gasteiger partial charge in [-0.2, -0.15) is 13.2 Å². The molecule has 4 nitrogen and oxygen atoms in total. The van der Waals surface area contributed by atoms with Crippen molar-refractivity contribution in [2.24, 2.45) is 0 Å². The summed E-state index contributed by atoms with van der Waals surface area (Å²) >= 11 is 0. The van der Waals surface area contributed by atoms with E-state index in [-0.39, 0.29) is 6.61 Å². The van der Waals surface area contributed by atoms with E-state index in [1.807, 2.05) is 0 Å². The van der Waals surface area contributed by atoms with Crippen LogP contribution in [0.3, 0.4) is 0 Å². The van der Waals surface area contributed by atoms with E-state index in [2.05, 4.69) is 4.74 Å². The van der Waals surface area contributed by atoms with Gasteiger partial charge in [0.15, 0.2) is 0 Å². The number of alkyl halides is 3. The first-order chi connectivity index (χ1) is 8.37. The van der Waals surface area contributed by atoms with Gasteiger partial charge in [-0.1, -0.05) is 6.07 Å². The normalized spacial score (nSPS) is 13.3. The van der Waals surface area contributed by atoms with Gasteiger partial charge in [0.25, 0.3) is 0 Å². The highest BCUT2D eigenvalue weighted by atomic mass is 19.4. The number of aliphatic hydroxyl groups excluding tert-OH is 1. The van der Waals surface area contributed by atoms with E-state index in [1.165, 1.54) is 0 Å². The minimum absolute atomic E-state index is 0.165. The van der Waals surface area contributed by atoms with Crippen LogP contribution in [-0.2, 0) is 4.74 Å². The molecule has 0 heterocycles. The fraction of sp³-hybridized carbons (Fsp3) is 0.455. The van der Waals surface area contributed by atoms with Crippen molar-refractivity contribution < 1.29 is 27.8 Å². The quantitative estimate of drug-likeness (QED) is 0.767. The van der Waals surface area contributed by atoms with Gasteiger partial charge in [-0.05, 0) is 12.1 Å². The summed E-state index contributed by atoms with van der Waals surface area (Å²) in [7, 11) is 0. The summed E-state index contributed by atoms with van der Waals surface area (Å²) in [6, 6.07) is 6.50. The number of hydrogen-bond acceptors (Lipinski definition) is 4. The van der Waals surface area contributed by atoms with Crippen LogP contribution in [0.2, 0.25) is 0 Å². The van der Waals surface area contributed by atoms with Crippen LogP contribution < -0.4 is 10.5 Å². The van der Waals surface area contributed by atoms with Crippen LogP contribution in [0.15, 0.2) is 24.3 Å². The molecule has 1 rings (SSSR count). The average Bonchev–Trinajstić information content (AvgIpc) is 2.25. The maximum Gasteiger partial charge on any atom is 0.411 e. The molecule has 0 aliphatic heterocycles. The Labute approximate surface area is 102 Å². The van der Waals surface area contributed by atoms with Crippen molar-refractivity contribution in [3.8, 4) is 5.75 Å². The smallest absolute Gasteiger partial charge is 0.411 e. The van der Waals surface area contributed by atoms with Gasteiger partial charge in [-0.3, -0.25) is 0 Å². The van der Waals surface area contributed by atoms with Crippen LogP contribution in [0.25, 0.3) is 0 Å². The number of ether oxygens (including phenoxy) is 2. The van der Waals surface area contributed by atoms with Crippen LogP contribution in [0, 0.1) is 0 Å². The fourth-order valence-electron chi connectivity index (χ4n) is 1.16. The Morgan fingerprint density at radius 1 is 1.28 bits per heavy atom. The van der Waals surface area contributed by atoms with Crippen molar-refractivity contribution in [2.45, 2.75) is 12.3 Å². The van der Waals surface area contributed by atoms with E-state index in [9.17, 15) is 18.3 Å². The predicted octanol–water partition coefficient (Wildman–Crippen LogP) is 1.59. The van der Waals surface area contributed by atoms with Gasteiger partial charge in [-0.15, -0.1) is 0 Å². The highest BCUT2D eigenvalue weighted by molar-refractivity contribution is 5.43. The zero-order valence-electron chi connectivity index (χ0n) is 9.48. The van der Waals surface area contributed by atoms with Crippen LogP contribution in [0.1, 0.15) is 0 Å². The first-order valence-corrected chi connectivity index (χ1v) is 5.18. The second-order valence-electron chi connectivity index (χ2n) is 3.67. The van der Waals surface area contributed by atoms with Gasteiger partial charge >= 0.3 is 6.18 Å². The van der Waals surface area contributed by atoms with Gasteiger partial charge in [0.1, 0.15) is 25.1 Å². The summed E-state index contributed by atoms with van der Waals surface area (Å²) in [5.41, 5.74) is 6.00. The summed E-state index contributed by atoms with van der Waals surface area (Å²) in [4.78, 5) is 0. The second kappa shape index (κ2) is 6.46. The Balaban J connectivity index is 2.23. The minimum atomic E-state index is -4.39. The Bertz CT molecular complexity index is 371. The van der Waals surface area contributed by atoms with Gasteiger partial charge in [-0.25, -0.2) is 0 Å². The number of rotatable bonds is 6. The van der Waals surface area contributed by atoms with E-state index in [0.29, 0.717) is 11.4 Å². The lowest BCUT2D eigenvalue weighted by atomic mass is 10.3. The lowest BCUT2D eigenvalue weighted by Gasteiger charge is -2.13. The zero-order chi connectivity index (χ0) is 13.6. The summed E-state index contributed by atoms with van der Waals surface area (Å²) < 4.78 is 44.7. The van der Waals surface area contributed by atoms with Crippen LogP contribution >= 0.6 is 0 Å². The summed E-state index contributed by atoms with van der Waals surface area (Å²) in [6.45, 7) is -1.99. The third kappa shape index (κ3) is 6.31. The number of nitrogens with two attached hydrogens (primary N) is 1. The Morgan fingerprint density at radius 3 is 2.61 bits per heavy atom. The molecule has 1 unspecified atom stereocenters. The van der Waals surface area contributed by atoms with Crippen molar-refractivity contribution in [3.63, 3.8) is 0 Å². The molecule has 0 aromatic heterocycles. The average molecular weight is 265 g/mol. The molecule has 1 aromatic rings. The van der Waals surface area contributed by atoms with E-state index in [1.54, 1.807) is 24.3 Å². The number of aliphatic hydroxyl groups is 1.